The first-order valence-electron chi connectivity index (χ1n) is 4.59. The Morgan fingerprint density at radius 1 is 1.20 bits per heavy atom. The Morgan fingerprint density at radius 2 is 2.07 bits per heavy atom. The summed E-state index contributed by atoms with van der Waals surface area (Å²) in [5.41, 5.74) is 12.4. The van der Waals surface area contributed by atoms with Crippen molar-refractivity contribution in [1.29, 1.82) is 0 Å². The average Bonchev–Trinajstić information content (AvgIpc) is 3.02. The first-order valence-corrected chi connectivity index (χ1v) is 4.59. The highest BCUT2D eigenvalue weighted by molar-refractivity contribution is 5.34. The number of rotatable bonds is 2. The molecule has 0 aliphatic carbocycles. The summed E-state index contributed by atoms with van der Waals surface area (Å²) >= 11 is 0. The highest BCUT2D eigenvalue weighted by atomic mass is 15.9. The van der Waals surface area contributed by atoms with Crippen LogP contribution in [-0.4, -0.2) is 33.6 Å². The number of nitrogens with one attached hydrogen (secondary N) is 5. The van der Waals surface area contributed by atoms with Crippen LogP contribution >= 0.6 is 0 Å². The summed E-state index contributed by atoms with van der Waals surface area (Å²) in [4.78, 5) is 0. The van der Waals surface area contributed by atoms with Gasteiger partial charge in [0, 0.05) is 13.1 Å². The van der Waals surface area contributed by atoms with Crippen molar-refractivity contribution in [2.24, 2.45) is 0 Å². The van der Waals surface area contributed by atoms with Crippen molar-refractivity contribution in [2.75, 3.05) is 18.2 Å². The molecule has 0 spiro atoms. The molecule has 9 nitrogen and oxygen atoms in total. The van der Waals surface area contributed by atoms with Gasteiger partial charge in [-0.15, -0.1) is 5.10 Å². The molecule has 3 heterocycles. The lowest BCUT2D eigenvalue weighted by atomic mass is 10.7. The Balaban J connectivity index is 1.66. The third-order valence-corrected chi connectivity index (χ3v) is 2.09. The minimum atomic E-state index is 0.667. The normalized spacial score (nSPS) is 20.1. The van der Waals surface area contributed by atoms with Crippen molar-refractivity contribution in [1.82, 2.24) is 42.2 Å². The molecule has 0 atom stereocenters. The molecule has 2 aliphatic rings. The van der Waals surface area contributed by atoms with E-state index in [0.29, 0.717) is 5.82 Å². The van der Waals surface area contributed by atoms with Gasteiger partial charge in [0.25, 0.3) is 0 Å². The van der Waals surface area contributed by atoms with Crippen LogP contribution in [-0.2, 0) is 0 Å². The highest BCUT2D eigenvalue weighted by Crippen LogP contribution is 2.08. The molecule has 0 saturated carbocycles. The van der Waals surface area contributed by atoms with Crippen molar-refractivity contribution < 1.29 is 0 Å². The first-order chi connectivity index (χ1) is 7.43. The average molecular weight is 209 g/mol. The van der Waals surface area contributed by atoms with Crippen LogP contribution in [0.2, 0.25) is 0 Å². The summed E-state index contributed by atoms with van der Waals surface area (Å²) < 4.78 is 0. The summed E-state index contributed by atoms with van der Waals surface area (Å²) in [5.74, 6) is 1.54. The van der Waals surface area contributed by atoms with Crippen LogP contribution in [0.3, 0.4) is 0 Å². The largest absolute Gasteiger partial charge is 0.281 e. The quantitative estimate of drug-likeness (QED) is 0.373. The summed E-state index contributed by atoms with van der Waals surface area (Å²) in [5, 5.41) is 13.7. The van der Waals surface area contributed by atoms with E-state index in [4.69, 9.17) is 0 Å². The van der Waals surface area contributed by atoms with Crippen LogP contribution in [0.15, 0.2) is 18.2 Å². The zero-order chi connectivity index (χ0) is 10.1. The van der Waals surface area contributed by atoms with Crippen molar-refractivity contribution in [2.45, 2.75) is 0 Å². The van der Waals surface area contributed by atoms with Crippen LogP contribution in [0.5, 0.6) is 0 Å². The van der Waals surface area contributed by atoms with Gasteiger partial charge >= 0.3 is 0 Å². The molecule has 15 heavy (non-hydrogen) atoms. The van der Waals surface area contributed by atoms with Gasteiger partial charge in [-0.2, -0.15) is 15.4 Å². The van der Waals surface area contributed by atoms with Crippen LogP contribution in [0.4, 0.5) is 5.82 Å². The van der Waals surface area contributed by atoms with E-state index < -0.39 is 0 Å². The van der Waals surface area contributed by atoms with E-state index in [1.165, 1.54) is 0 Å². The number of hydrogen-bond acceptors (Lipinski definition) is 8. The van der Waals surface area contributed by atoms with E-state index in [9.17, 15) is 0 Å². The van der Waals surface area contributed by atoms with Gasteiger partial charge in [0.2, 0.25) is 5.82 Å². The topological polar surface area (TPSA) is 96.2 Å². The predicted octanol–water partition coefficient (Wildman–Crippen LogP) is -2.24. The molecule has 1 fully saturated rings. The summed E-state index contributed by atoms with van der Waals surface area (Å²) in [6.07, 6.45) is 3.43. The molecule has 80 valence electrons. The minimum Gasteiger partial charge on any atom is -0.281 e. The van der Waals surface area contributed by atoms with Crippen LogP contribution in [0.25, 0.3) is 0 Å². The molecular formula is C6H11N9. The zero-order valence-corrected chi connectivity index (χ0v) is 7.86. The van der Waals surface area contributed by atoms with Crippen LogP contribution in [0.1, 0.15) is 0 Å². The second-order valence-corrected chi connectivity index (χ2v) is 3.09. The van der Waals surface area contributed by atoms with Gasteiger partial charge in [0.05, 0.1) is 12.4 Å². The Labute approximate surface area is 85.4 Å². The fraction of sp³-hybridized carbons (Fsp3) is 0.333. The maximum atomic E-state index is 3.93. The Bertz CT molecular complexity index is 351. The Morgan fingerprint density at radius 3 is 2.80 bits per heavy atom. The van der Waals surface area contributed by atoms with Crippen molar-refractivity contribution >= 4 is 5.82 Å². The molecule has 5 N–H and O–H groups in total. The molecule has 2 aliphatic heterocycles. The van der Waals surface area contributed by atoms with Gasteiger partial charge < -0.3 is 0 Å². The van der Waals surface area contributed by atoms with Gasteiger partial charge in [-0.1, -0.05) is 0 Å². The third kappa shape index (κ3) is 1.43. The van der Waals surface area contributed by atoms with Crippen LogP contribution < -0.4 is 26.8 Å². The van der Waals surface area contributed by atoms with Gasteiger partial charge in [-0.3, -0.25) is 10.9 Å². The molecule has 1 saturated heterocycles. The van der Waals surface area contributed by atoms with E-state index >= 15 is 0 Å². The summed E-state index contributed by atoms with van der Waals surface area (Å²) in [6, 6.07) is 0. The molecule has 9 heteroatoms. The SMILES string of the molecule is C1=C(N2NCCN2)NN(c2cn[nH]n2)N1. The van der Waals surface area contributed by atoms with Gasteiger partial charge in [0.15, 0.2) is 5.82 Å². The minimum absolute atomic E-state index is 0.667. The monoisotopic (exact) mass is 209 g/mol. The highest BCUT2D eigenvalue weighted by Gasteiger charge is 2.22. The first kappa shape index (κ1) is 8.32. The summed E-state index contributed by atoms with van der Waals surface area (Å²) in [6.45, 7) is 1.81. The fourth-order valence-corrected chi connectivity index (χ4v) is 1.41. The number of aromatic amines is 1. The molecular weight excluding hydrogens is 198 g/mol. The second-order valence-electron chi connectivity index (χ2n) is 3.09. The molecule has 0 amide bonds. The van der Waals surface area contributed by atoms with E-state index in [2.05, 4.69) is 37.1 Å². The molecule has 0 radical (unpaired) electrons. The van der Waals surface area contributed by atoms with Gasteiger partial charge in [-0.05, 0) is 0 Å². The van der Waals surface area contributed by atoms with Crippen molar-refractivity contribution in [3.8, 4) is 0 Å². The van der Waals surface area contributed by atoms with Crippen molar-refractivity contribution in [3.63, 3.8) is 0 Å². The lowest BCUT2D eigenvalue weighted by Crippen LogP contribution is -2.46. The lowest BCUT2D eigenvalue weighted by molar-refractivity contribution is 0.230. The third-order valence-electron chi connectivity index (χ3n) is 2.09. The smallest absolute Gasteiger partial charge is 0.211 e. The Hall–Kier alpha value is -2.00. The molecule has 0 bridgehead atoms. The number of hydrogen-bond donors (Lipinski definition) is 5. The van der Waals surface area contributed by atoms with E-state index in [0.717, 1.165) is 18.9 Å². The molecule has 1 aromatic heterocycles. The number of hydrazine groups is 4. The predicted molar refractivity (Wildman–Crippen MR) is 51.1 cm³/mol. The Kier molecular flexibility index (Phi) is 1.83. The number of aromatic nitrogens is 3. The van der Waals surface area contributed by atoms with Gasteiger partial charge in [-0.25, -0.2) is 16.0 Å². The number of H-pyrrole nitrogens is 1. The standard InChI is InChI=1S/C6H11N9/c1-2-9-14(8-1)6-4-10-15(12-6)5-3-7-13-11-5/h3-4,8-10,12H,1-2H2,(H,7,11,13). The maximum Gasteiger partial charge on any atom is 0.211 e. The zero-order valence-electron chi connectivity index (χ0n) is 7.86. The van der Waals surface area contributed by atoms with Gasteiger partial charge in [0.1, 0.15) is 0 Å². The molecule has 0 aromatic carbocycles. The number of anilines is 1. The van der Waals surface area contributed by atoms with E-state index in [-0.39, 0.29) is 0 Å². The van der Waals surface area contributed by atoms with E-state index in [1.807, 2.05) is 11.3 Å². The van der Waals surface area contributed by atoms with Crippen LogP contribution in [0, 0.1) is 0 Å². The second kappa shape index (κ2) is 3.29. The molecule has 0 unspecified atom stereocenters. The lowest BCUT2D eigenvalue weighted by Gasteiger charge is -2.21. The molecule has 1 aromatic rings. The number of nitrogens with zero attached hydrogens (tertiary/aromatic N) is 4. The maximum absolute atomic E-state index is 3.93. The van der Waals surface area contributed by atoms with Crippen molar-refractivity contribution in [3.05, 3.63) is 18.2 Å². The van der Waals surface area contributed by atoms with E-state index in [1.54, 1.807) is 11.3 Å². The fourth-order valence-electron chi connectivity index (χ4n) is 1.41. The molecule has 3 rings (SSSR count). The summed E-state index contributed by atoms with van der Waals surface area (Å²) in [7, 11) is 0.